The molecular formula is C11H12N2O6. The Kier molecular flexibility index (Phi) is 3.91. The minimum atomic E-state index is -1.28. The maximum absolute atomic E-state index is 10.9. The molecule has 1 N–H and O–H groups in total. The molecule has 1 unspecified atom stereocenters. The van der Waals surface area contributed by atoms with Gasteiger partial charge in [0.05, 0.1) is 16.6 Å². The summed E-state index contributed by atoms with van der Waals surface area (Å²) in [5.74, 6) is -1.47. The van der Waals surface area contributed by atoms with Crippen LogP contribution in [0.25, 0.3) is 0 Å². The fourth-order valence-corrected chi connectivity index (χ4v) is 1.75. The maximum atomic E-state index is 10.9. The molecule has 1 aromatic rings. The van der Waals surface area contributed by atoms with Gasteiger partial charge in [0.2, 0.25) is 0 Å². The van der Waals surface area contributed by atoms with Gasteiger partial charge in [-0.25, -0.2) is 9.78 Å². The lowest BCUT2D eigenvalue weighted by molar-refractivity contribution is -0.386. The second-order valence-corrected chi connectivity index (χ2v) is 4.06. The predicted molar refractivity (Wildman–Crippen MR) is 62.3 cm³/mol. The summed E-state index contributed by atoms with van der Waals surface area (Å²) in [7, 11) is 0. The van der Waals surface area contributed by atoms with E-state index in [1.165, 1.54) is 0 Å². The van der Waals surface area contributed by atoms with Crippen LogP contribution >= 0.6 is 0 Å². The van der Waals surface area contributed by atoms with Gasteiger partial charge in [-0.05, 0) is 12.8 Å². The molecule has 0 radical (unpaired) electrons. The smallest absolute Gasteiger partial charge is 0.337 e. The van der Waals surface area contributed by atoms with Crippen LogP contribution in [-0.4, -0.2) is 40.3 Å². The maximum Gasteiger partial charge on any atom is 0.337 e. The van der Waals surface area contributed by atoms with E-state index in [0.717, 1.165) is 25.1 Å². The summed E-state index contributed by atoms with van der Waals surface area (Å²) in [4.78, 5) is 24.5. The number of ether oxygens (including phenoxy) is 2. The van der Waals surface area contributed by atoms with Crippen LogP contribution in [0.3, 0.4) is 0 Å². The van der Waals surface area contributed by atoms with E-state index in [1.807, 2.05) is 0 Å². The highest BCUT2D eigenvalue weighted by molar-refractivity contribution is 5.88. The monoisotopic (exact) mass is 268 g/mol. The second-order valence-electron chi connectivity index (χ2n) is 4.06. The number of hydrogen-bond donors (Lipinski definition) is 1. The zero-order valence-corrected chi connectivity index (χ0v) is 9.94. The Morgan fingerprint density at radius 2 is 2.47 bits per heavy atom. The Morgan fingerprint density at radius 3 is 3.05 bits per heavy atom. The molecule has 2 rings (SSSR count). The number of carboxylic acid groups (broad SMARTS) is 1. The molecule has 0 aromatic carbocycles. The van der Waals surface area contributed by atoms with Crippen LogP contribution in [0.15, 0.2) is 12.3 Å². The molecule has 2 heterocycles. The Bertz CT molecular complexity index is 498. The molecule has 0 bridgehead atoms. The van der Waals surface area contributed by atoms with Crippen LogP contribution in [0.2, 0.25) is 0 Å². The van der Waals surface area contributed by atoms with Crippen molar-refractivity contribution >= 4 is 11.7 Å². The van der Waals surface area contributed by atoms with Gasteiger partial charge in [0.25, 0.3) is 5.88 Å². The molecule has 1 aromatic heterocycles. The van der Waals surface area contributed by atoms with Crippen LogP contribution in [0.5, 0.6) is 5.88 Å². The highest BCUT2D eigenvalue weighted by atomic mass is 16.6. The van der Waals surface area contributed by atoms with Crippen LogP contribution in [-0.2, 0) is 4.74 Å². The van der Waals surface area contributed by atoms with Crippen molar-refractivity contribution in [3.63, 3.8) is 0 Å². The van der Waals surface area contributed by atoms with Gasteiger partial charge in [-0.3, -0.25) is 10.1 Å². The van der Waals surface area contributed by atoms with E-state index in [0.29, 0.717) is 6.61 Å². The largest absolute Gasteiger partial charge is 0.478 e. The minimum Gasteiger partial charge on any atom is -0.478 e. The number of carbonyl (C=O) groups is 1. The number of nitrogens with zero attached hydrogens (tertiary/aromatic N) is 2. The highest BCUT2D eigenvalue weighted by Gasteiger charge is 2.23. The first-order valence-electron chi connectivity index (χ1n) is 5.70. The molecule has 0 amide bonds. The zero-order chi connectivity index (χ0) is 13.8. The number of nitro groups is 1. The first-order chi connectivity index (χ1) is 9.08. The lowest BCUT2D eigenvalue weighted by Crippen LogP contribution is -2.17. The van der Waals surface area contributed by atoms with Crippen molar-refractivity contribution in [2.45, 2.75) is 18.9 Å². The first-order valence-corrected chi connectivity index (χ1v) is 5.70. The molecule has 1 atom stereocenters. The molecule has 8 heteroatoms. The summed E-state index contributed by atoms with van der Waals surface area (Å²) in [6, 6.07) is 0.931. The predicted octanol–water partition coefficient (Wildman–Crippen LogP) is 1.25. The summed E-state index contributed by atoms with van der Waals surface area (Å²) >= 11 is 0. The number of carboxylic acids is 1. The molecule has 1 fully saturated rings. The van der Waals surface area contributed by atoms with Crippen LogP contribution in [0.1, 0.15) is 23.2 Å². The Morgan fingerprint density at radius 1 is 1.68 bits per heavy atom. The van der Waals surface area contributed by atoms with Gasteiger partial charge in [0.1, 0.15) is 6.61 Å². The van der Waals surface area contributed by atoms with Gasteiger partial charge in [-0.2, -0.15) is 0 Å². The molecule has 1 aliphatic heterocycles. The molecule has 8 nitrogen and oxygen atoms in total. The third-order valence-corrected chi connectivity index (χ3v) is 2.71. The van der Waals surface area contributed by atoms with Crippen LogP contribution in [0, 0.1) is 10.1 Å². The quantitative estimate of drug-likeness (QED) is 0.631. The van der Waals surface area contributed by atoms with E-state index < -0.39 is 16.6 Å². The van der Waals surface area contributed by atoms with Crippen molar-refractivity contribution in [3.8, 4) is 5.88 Å². The zero-order valence-electron chi connectivity index (χ0n) is 9.94. The summed E-state index contributed by atoms with van der Waals surface area (Å²) < 4.78 is 10.6. The van der Waals surface area contributed by atoms with Crippen LogP contribution in [0.4, 0.5) is 5.69 Å². The molecular weight excluding hydrogens is 256 g/mol. The topological polar surface area (TPSA) is 112 Å². The summed E-state index contributed by atoms with van der Waals surface area (Å²) in [5.41, 5.74) is -0.714. The van der Waals surface area contributed by atoms with Crippen molar-refractivity contribution in [3.05, 3.63) is 27.9 Å². The summed E-state index contributed by atoms with van der Waals surface area (Å²) in [6.07, 6.45) is 2.70. The van der Waals surface area contributed by atoms with Gasteiger partial charge in [-0.15, -0.1) is 0 Å². The number of aromatic nitrogens is 1. The van der Waals surface area contributed by atoms with Crippen molar-refractivity contribution < 1.29 is 24.3 Å². The van der Waals surface area contributed by atoms with Gasteiger partial charge in [0.15, 0.2) is 0 Å². The Balaban J connectivity index is 2.14. The van der Waals surface area contributed by atoms with E-state index in [4.69, 9.17) is 14.6 Å². The number of hydrogen-bond acceptors (Lipinski definition) is 6. The van der Waals surface area contributed by atoms with Crippen molar-refractivity contribution in [1.82, 2.24) is 4.98 Å². The van der Waals surface area contributed by atoms with Crippen LogP contribution < -0.4 is 4.74 Å². The van der Waals surface area contributed by atoms with Gasteiger partial charge >= 0.3 is 11.7 Å². The number of pyridine rings is 1. The lowest BCUT2D eigenvalue weighted by Gasteiger charge is -2.10. The van der Waals surface area contributed by atoms with Gasteiger partial charge < -0.3 is 14.6 Å². The fourth-order valence-electron chi connectivity index (χ4n) is 1.75. The Hall–Kier alpha value is -2.22. The lowest BCUT2D eigenvalue weighted by atomic mass is 10.2. The first kappa shape index (κ1) is 13.2. The molecule has 1 aliphatic rings. The SMILES string of the molecule is O=C(O)c1cnc(OCC2CCCO2)c([N+](=O)[O-])c1. The van der Waals surface area contributed by atoms with Crippen molar-refractivity contribution in [2.24, 2.45) is 0 Å². The van der Waals surface area contributed by atoms with Crippen molar-refractivity contribution in [1.29, 1.82) is 0 Å². The molecule has 0 spiro atoms. The standard InChI is InChI=1S/C11H12N2O6/c14-11(15)7-4-9(13(16)17)10(12-5-7)19-6-8-2-1-3-18-8/h4-5,8H,1-3,6H2,(H,14,15). The molecule has 0 saturated carbocycles. The summed E-state index contributed by atoms with van der Waals surface area (Å²) in [6.45, 7) is 0.821. The van der Waals surface area contributed by atoms with E-state index in [1.54, 1.807) is 0 Å². The highest BCUT2D eigenvalue weighted by Crippen LogP contribution is 2.26. The third kappa shape index (κ3) is 3.16. The van der Waals surface area contributed by atoms with Gasteiger partial charge in [0, 0.05) is 18.9 Å². The number of rotatable bonds is 5. The average molecular weight is 268 g/mol. The van der Waals surface area contributed by atoms with Gasteiger partial charge in [-0.1, -0.05) is 0 Å². The second kappa shape index (κ2) is 5.61. The minimum absolute atomic E-state index is 0.0967. The fraction of sp³-hybridized carbons (Fsp3) is 0.455. The van der Waals surface area contributed by atoms with E-state index >= 15 is 0 Å². The normalized spacial score (nSPS) is 18.2. The third-order valence-electron chi connectivity index (χ3n) is 2.71. The van der Waals surface area contributed by atoms with E-state index in [-0.39, 0.29) is 24.2 Å². The molecule has 102 valence electrons. The van der Waals surface area contributed by atoms with Crippen molar-refractivity contribution in [2.75, 3.05) is 13.2 Å². The average Bonchev–Trinajstić information content (AvgIpc) is 2.89. The molecule has 19 heavy (non-hydrogen) atoms. The Labute approximate surface area is 108 Å². The van der Waals surface area contributed by atoms with E-state index in [2.05, 4.69) is 4.98 Å². The molecule has 1 saturated heterocycles. The molecule has 0 aliphatic carbocycles. The number of aromatic carboxylic acids is 1. The van der Waals surface area contributed by atoms with E-state index in [9.17, 15) is 14.9 Å². The summed E-state index contributed by atoms with van der Waals surface area (Å²) in [5, 5.41) is 19.6.